The van der Waals surface area contributed by atoms with Gasteiger partial charge in [0.1, 0.15) is 0 Å². The molecule has 1 amide bonds. The van der Waals surface area contributed by atoms with E-state index >= 15 is 0 Å². The fourth-order valence-corrected chi connectivity index (χ4v) is 3.00. The van der Waals surface area contributed by atoms with Crippen molar-refractivity contribution >= 4 is 5.91 Å². The standard InChI is InChI=1S/C16H23N3O/c1-16(8-4-9-17-12-16)15(20)19(14-6-7-14)11-13-5-2-3-10-18-13/h2-3,5,10,14,17H,4,6-9,11-12H2,1H3. The van der Waals surface area contributed by atoms with E-state index in [-0.39, 0.29) is 5.41 Å². The van der Waals surface area contributed by atoms with Crippen LogP contribution in [0.25, 0.3) is 0 Å². The normalized spacial score (nSPS) is 26.2. The molecule has 1 aliphatic heterocycles. The third kappa shape index (κ3) is 2.85. The van der Waals surface area contributed by atoms with Gasteiger partial charge in [-0.25, -0.2) is 0 Å². The van der Waals surface area contributed by atoms with Gasteiger partial charge in [0.15, 0.2) is 0 Å². The van der Waals surface area contributed by atoms with Gasteiger partial charge >= 0.3 is 0 Å². The first-order valence-electron chi connectivity index (χ1n) is 7.61. The summed E-state index contributed by atoms with van der Waals surface area (Å²) >= 11 is 0. The number of nitrogens with one attached hydrogen (secondary N) is 1. The van der Waals surface area contributed by atoms with Gasteiger partial charge < -0.3 is 10.2 Å². The maximum Gasteiger partial charge on any atom is 0.230 e. The topological polar surface area (TPSA) is 45.2 Å². The zero-order chi connectivity index (χ0) is 14.0. The minimum atomic E-state index is -0.240. The van der Waals surface area contributed by atoms with E-state index in [0.29, 0.717) is 18.5 Å². The van der Waals surface area contributed by atoms with E-state index in [0.717, 1.165) is 44.5 Å². The van der Waals surface area contributed by atoms with Crippen LogP contribution in [0, 0.1) is 5.41 Å². The summed E-state index contributed by atoms with van der Waals surface area (Å²) in [7, 11) is 0. The van der Waals surface area contributed by atoms with E-state index in [9.17, 15) is 4.79 Å². The summed E-state index contributed by atoms with van der Waals surface area (Å²) in [6.07, 6.45) is 6.16. The molecule has 20 heavy (non-hydrogen) atoms. The van der Waals surface area contributed by atoms with Crippen molar-refractivity contribution in [3.05, 3.63) is 30.1 Å². The molecule has 0 bridgehead atoms. The second-order valence-electron chi connectivity index (χ2n) is 6.33. The fraction of sp³-hybridized carbons (Fsp3) is 0.625. The molecule has 2 aliphatic rings. The molecular weight excluding hydrogens is 250 g/mol. The molecule has 3 rings (SSSR count). The van der Waals surface area contributed by atoms with Crippen molar-refractivity contribution in [2.24, 2.45) is 5.41 Å². The van der Waals surface area contributed by atoms with E-state index in [4.69, 9.17) is 0 Å². The van der Waals surface area contributed by atoms with Gasteiger partial charge in [0.2, 0.25) is 5.91 Å². The quantitative estimate of drug-likeness (QED) is 0.912. The van der Waals surface area contributed by atoms with Gasteiger partial charge in [-0.2, -0.15) is 0 Å². The van der Waals surface area contributed by atoms with Gasteiger partial charge in [-0.05, 0) is 51.3 Å². The van der Waals surface area contributed by atoms with Crippen molar-refractivity contribution in [3.8, 4) is 0 Å². The number of hydrogen-bond donors (Lipinski definition) is 1. The second kappa shape index (κ2) is 5.52. The van der Waals surface area contributed by atoms with Gasteiger partial charge in [-0.15, -0.1) is 0 Å². The Morgan fingerprint density at radius 2 is 2.35 bits per heavy atom. The van der Waals surface area contributed by atoms with Gasteiger partial charge in [-0.1, -0.05) is 6.07 Å². The van der Waals surface area contributed by atoms with Crippen LogP contribution in [0.15, 0.2) is 24.4 Å². The minimum absolute atomic E-state index is 0.240. The molecule has 1 saturated carbocycles. The van der Waals surface area contributed by atoms with Crippen molar-refractivity contribution in [1.29, 1.82) is 0 Å². The van der Waals surface area contributed by atoms with Gasteiger partial charge in [0.05, 0.1) is 17.7 Å². The molecule has 2 fully saturated rings. The molecule has 0 radical (unpaired) electrons. The molecule has 1 aromatic rings. The molecule has 1 aliphatic carbocycles. The molecular formula is C16H23N3O. The van der Waals surface area contributed by atoms with Crippen LogP contribution in [0.1, 0.15) is 38.3 Å². The largest absolute Gasteiger partial charge is 0.333 e. The summed E-state index contributed by atoms with van der Waals surface area (Å²) in [5, 5.41) is 3.37. The molecule has 0 aromatic carbocycles. The Morgan fingerprint density at radius 1 is 1.50 bits per heavy atom. The number of aromatic nitrogens is 1. The van der Waals surface area contributed by atoms with E-state index in [1.54, 1.807) is 6.20 Å². The number of amides is 1. The first kappa shape index (κ1) is 13.6. The van der Waals surface area contributed by atoms with Gasteiger partial charge in [0.25, 0.3) is 0 Å². The zero-order valence-corrected chi connectivity index (χ0v) is 12.1. The van der Waals surface area contributed by atoms with Crippen molar-refractivity contribution in [2.45, 2.75) is 45.2 Å². The Balaban J connectivity index is 1.75. The van der Waals surface area contributed by atoms with Crippen molar-refractivity contribution in [1.82, 2.24) is 15.2 Å². The molecule has 4 heteroatoms. The Labute approximate surface area is 120 Å². The predicted molar refractivity (Wildman–Crippen MR) is 78.0 cm³/mol. The highest BCUT2D eigenvalue weighted by molar-refractivity contribution is 5.83. The number of nitrogens with zero attached hydrogens (tertiary/aromatic N) is 2. The number of pyridine rings is 1. The van der Waals surface area contributed by atoms with E-state index in [1.807, 2.05) is 18.2 Å². The second-order valence-corrected chi connectivity index (χ2v) is 6.33. The summed E-state index contributed by atoms with van der Waals surface area (Å²) in [6.45, 7) is 4.60. The first-order valence-corrected chi connectivity index (χ1v) is 7.61. The maximum absolute atomic E-state index is 13.0. The Hall–Kier alpha value is -1.42. The lowest BCUT2D eigenvalue weighted by Gasteiger charge is -2.37. The average molecular weight is 273 g/mol. The van der Waals surface area contributed by atoms with Crippen LogP contribution in [0.3, 0.4) is 0 Å². The molecule has 2 heterocycles. The minimum Gasteiger partial charge on any atom is -0.333 e. The number of rotatable bonds is 4. The Kier molecular flexibility index (Phi) is 3.74. The van der Waals surface area contributed by atoms with E-state index in [1.165, 1.54) is 0 Å². The number of carbonyl (C=O) groups is 1. The SMILES string of the molecule is CC1(C(=O)N(Cc2ccccn2)C2CC2)CCCNC1. The predicted octanol–water partition coefficient (Wildman–Crippen LogP) is 1.96. The van der Waals surface area contributed by atoms with Crippen LogP contribution in [-0.4, -0.2) is 34.9 Å². The Morgan fingerprint density at radius 3 is 2.95 bits per heavy atom. The lowest BCUT2D eigenvalue weighted by molar-refractivity contribution is -0.143. The molecule has 4 nitrogen and oxygen atoms in total. The van der Waals surface area contributed by atoms with Crippen LogP contribution in [0.5, 0.6) is 0 Å². The molecule has 1 aromatic heterocycles. The summed E-state index contributed by atoms with van der Waals surface area (Å²) in [5.41, 5.74) is 0.746. The van der Waals surface area contributed by atoms with Crippen molar-refractivity contribution in [3.63, 3.8) is 0 Å². The number of carbonyl (C=O) groups excluding carboxylic acids is 1. The Bertz CT molecular complexity index is 464. The first-order chi connectivity index (χ1) is 9.69. The van der Waals surface area contributed by atoms with Crippen molar-refractivity contribution in [2.75, 3.05) is 13.1 Å². The van der Waals surface area contributed by atoms with Crippen LogP contribution in [0.2, 0.25) is 0 Å². The van der Waals surface area contributed by atoms with E-state index < -0.39 is 0 Å². The average Bonchev–Trinajstić information content (AvgIpc) is 3.30. The highest BCUT2D eigenvalue weighted by atomic mass is 16.2. The molecule has 0 spiro atoms. The molecule has 108 valence electrons. The monoisotopic (exact) mass is 273 g/mol. The lowest BCUT2D eigenvalue weighted by Crippen LogP contribution is -2.50. The summed E-state index contributed by atoms with van der Waals surface area (Å²) in [6, 6.07) is 6.34. The maximum atomic E-state index is 13.0. The third-order valence-corrected chi connectivity index (χ3v) is 4.42. The summed E-state index contributed by atoms with van der Waals surface area (Å²) in [5.74, 6) is 0.304. The van der Waals surface area contributed by atoms with E-state index in [2.05, 4.69) is 22.1 Å². The fourth-order valence-electron chi connectivity index (χ4n) is 3.00. The molecule has 1 N–H and O–H groups in total. The zero-order valence-electron chi connectivity index (χ0n) is 12.1. The van der Waals surface area contributed by atoms with Crippen LogP contribution in [-0.2, 0) is 11.3 Å². The van der Waals surface area contributed by atoms with Crippen LogP contribution < -0.4 is 5.32 Å². The lowest BCUT2D eigenvalue weighted by atomic mass is 9.81. The van der Waals surface area contributed by atoms with Gasteiger partial charge in [-0.3, -0.25) is 9.78 Å². The van der Waals surface area contributed by atoms with Crippen molar-refractivity contribution < 1.29 is 4.79 Å². The molecule has 1 saturated heterocycles. The summed E-state index contributed by atoms with van der Waals surface area (Å²) in [4.78, 5) is 19.4. The molecule has 1 atom stereocenters. The summed E-state index contributed by atoms with van der Waals surface area (Å²) < 4.78 is 0. The highest BCUT2D eigenvalue weighted by Crippen LogP contribution is 2.35. The molecule has 1 unspecified atom stereocenters. The smallest absolute Gasteiger partial charge is 0.230 e. The number of piperidine rings is 1. The van der Waals surface area contributed by atoms with Crippen LogP contribution >= 0.6 is 0 Å². The van der Waals surface area contributed by atoms with Gasteiger partial charge in [0, 0.05) is 18.8 Å². The van der Waals surface area contributed by atoms with Crippen LogP contribution in [0.4, 0.5) is 0 Å². The third-order valence-electron chi connectivity index (χ3n) is 4.42. The number of hydrogen-bond acceptors (Lipinski definition) is 3. The highest BCUT2D eigenvalue weighted by Gasteiger charge is 2.42.